The highest BCUT2D eigenvalue weighted by atomic mass is 35.5. The molecule has 3 heterocycles. The second-order valence-electron chi connectivity index (χ2n) is 6.95. The SMILES string of the molecule is N#Cc1cccnc1N1CCCC2(CCN(c3ccccc3Cl)C2=O)C1. The number of anilines is 2. The van der Waals surface area contributed by atoms with Crippen molar-refractivity contribution in [3.05, 3.63) is 53.2 Å². The monoisotopic (exact) mass is 366 g/mol. The first-order chi connectivity index (χ1) is 12.6. The lowest BCUT2D eigenvalue weighted by Crippen LogP contribution is -2.48. The van der Waals surface area contributed by atoms with Gasteiger partial charge in [-0.25, -0.2) is 4.98 Å². The number of hydrogen-bond acceptors (Lipinski definition) is 4. The standard InChI is InChI=1S/C20H19ClN4O/c21-16-6-1-2-7-17(16)25-12-9-20(19(25)26)8-4-11-24(14-20)18-15(13-22)5-3-10-23-18/h1-3,5-7,10H,4,8-9,11-12,14H2. The van der Waals surface area contributed by atoms with Crippen molar-refractivity contribution in [3.63, 3.8) is 0 Å². The summed E-state index contributed by atoms with van der Waals surface area (Å²) in [5.74, 6) is 0.808. The molecule has 0 N–H and O–H groups in total. The zero-order valence-corrected chi connectivity index (χ0v) is 15.1. The molecule has 0 aliphatic carbocycles. The summed E-state index contributed by atoms with van der Waals surface area (Å²) in [6.07, 6.45) is 4.26. The van der Waals surface area contributed by atoms with Gasteiger partial charge in [-0.2, -0.15) is 5.26 Å². The molecule has 26 heavy (non-hydrogen) atoms. The Bertz CT molecular complexity index is 893. The van der Waals surface area contributed by atoms with Gasteiger partial charge in [-0.1, -0.05) is 23.7 Å². The van der Waals surface area contributed by atoms with Crippen molar-refractivity contribution in [1.82, 2.24) is 4.98 Å². The summed E-state index contributed by atoms with van der Waals surface area (Å²) in [6, 6.07) is 13.2. The van der Waals surface area contributed by atoms with Crippen LogP contribution in [0.5, 0.6) is 0 Å². The molecule has 1 aromatic heterocycles. The summed E-state index contributed by atoms with van der Waals surface area (Å²) in [4.78, 5) is 21.6. The summed E-state index contributed by atoms with van der Waals surface area (Å²) >= 11 is 6.31. The Labute approximate surface area is 157 Å². The number of pyridine rings is 1. The van der Waals surface area contributed by atoms with E-state index in [1.807, 2.05) is 29.2 Å². The predicted molar refractivity (Wildman–Crippen MR) is 101 cm³/mol. The van der Waals surface area contributed by atoms with Crippen molar-refractivity contribution in [2.75, 3.05) is 29.4 Å². The molecule has 132 valence electrons. The normalized spacial score (nSPS) is 22.7. The fourth-order valence-corrected chi connectivity index (χ4v) is 4.39. The maximum Gasteiger partial charge on any atom is 0.235 e. The molecule has 1 amide bonds. The zero-order valence-electron chi connectivity index (χ0n) is 14.4. The minimum atomic E-state index is -0.429. The highest BCUT2D eigenvalue weighted by Crippen LogP contribution is 2.44. The zero-order chi connectivity index (χ0) is 18.1. The van der Waals surface area contributed by atoms with E-state index in [0.29, 0.717) is 29.5 Å². The Kier molecular flexibility index (Phi) is 4.29. The number of carbonyl (C=O) groups is 1. The molecule has 2 saturated heterocycles. The van der Waals surface area contributed by atoms with E-state index in [1.54, 1.807) is 18.3 Å². The van der Waals surface area contributed by atoms with Crippen LogP contribution in [-0.4, -0.2) is 30.5 Å². The predicted octanol–water partition coefficient (Wildman–Crippen LogP) is 3.63. The molecule has 5 nitrogen and oxygen atoms in total. The first-order valence-electron chi connectivity index (χ1n) is 8.81. The van der Waals surface area contributed by atoms with E-state index in [9.17, 15) is 10.1 Å². The largest absolute Gasteiger partial charge is 0.354 e. The molecule has 0 radical (unpaired) electrons. The molecule has 4 rings (SSSR count). The number of aromatic nitrogens is 1. The van der Waals surface area contributed by atoms with E-state index in [1.165, 1.54) is 0 Å². The maximum absolute atomic E-state index is 13.3. The van der Waals surface area contributed by atoms with Gasteiger partial charge in [0.15, 0.2) is 0 Å². The summed E-state index contributed by atoms with van der Waals surface area (Å²) in [7, 11) is 0. The molecular formula is C20H19ClN4O. The number of hydrogen-bond donors (Lipinski definition) is 0. The summed E-state index contributed by atoms with van der Waals surface area (Å²) < 4.78 is 0. The second kappa shape index (κ2) is 6.62. The fourth-order valence-electron chi connectivity index (χ4n) is 4.15. The van der Waals surface area contributed by atoms with Crippen LogP contribution in [0.25, 0.3) is 0 Å². The van der Waals surface area contributed by atoms with Gasteiger partial charge in [0.25, 0.3) is 0 Å². The highest BCUT2D eigenvalue weighted by molar-refractivity contribution is 6.34. The Hall–Kier alpha value is -2.58. The number of nitriles is 1. The van der Waals surface area contributed by atoms with Gasteiger partial charge < -0.3 is 9.80 Å². The smallest absolute Gasteiger partial charge is 0.235 e. The van der Waals surface area contributed by atoms with Crippen molar-refractivity contribution in [2.45, 2.75) is 19.3 Å². The average Bonchev–Trinajstić information content (AvgIpc) is 2.98. The fraction of sp³-hybridized carbons (Fsp3) is 0.350. The third kappa shape index (κ3) is 2.71. The van der Waals surface area contributed by atoms with Crippen molar-refractivity contribution >= 4 is 29.0 Å². The van der Waals surface area contributed by atoms with Crippen LogP contribution in [0.1, 0.15) is 24.8 Å². The van der Waals surface area contributed by atoms with Crippen LogP contribution in [0.15, 0.2) is 42.6 Å². The Balaban J connectivity index is 1.62. The lowest BCUT2D eigenvalue weighted by molar-refractivity contribution is -0.126. The Morgan fingerprint density at radius 2 is 2.00 bits per heavy atom. The molecule has 1 atom stereocenters. The van der Waals surface area contributed by atoms with Gasteiger partial charge in [-0.3, -0.25) is 4.79 Å². The number of nitrogens with zero attached hydrogens (tertiary/aromatic N) is 4. The van der Waals surface area contributed by atoms with Gasteiger partial charge in [-0.15, -0.1) is 0 Å². The van der Waals surface area contributed by atoms with Crippen molar-refractivity contribution in [2.24, 2.45) is 5.41 Å². The highest BCUT2D eigenvalue weighted by Gasteiger charge is 2.49. The maximum atomic E-state index is 13.3. The first kappa shape index (κ1) is 16.9. The van der Waals surface area contributed by atoms with Crippen LogP contribution in [0.4, 0.5) is 11.5 Å². The van der Waals surface area contributed by atoms with Crippen LogP contribution in [0.3, 0.4) is 0 Å². The number of piperidine rings is 1. The van der Waals surface area contributed by atoms with E-state index in [0.717, 1.165) is 31.5 Å². The summed E-state index contributed by atoms with van der Waals surface area (Å²) in [5, 5.41) is 9.97. The Morgan fingerprint density at radius 3 is 2.81 bits per heavy atom. The van der Waals surface area contributed by atoms with Crippen LogP contribution in [-0.2, 0) is 4.79 Å². The molecule has 1 unspecified atom stereocenters. The number of amides is 1. The van der Waals surface area contributed by atoms with Gasteiger partial charge in [0.05, 0.1) is 21.7 Å². The molecule has 6 heteroatoms. The van der Waals surface area contributed by atoms with Crippen LogP contribution < -0.4 is 9.80 Å². The van der Waals surface area contributed by atoms with E-state index in [2.05, 4.69) is 16.0 Å². The third-order valence-electron chi connectivity index (χ3n) is 5.44. The van der Waals surface area contributed by atoms with Gasteiger partial charge in [0, 0.05) is 25.8 Å². The second-order valence-corrected chi connectivity index (χ2v) is 7.36. The third-order valence-corrected chi connectivity index (χ3v) is 5.76. The van der Waals surface area contributed by atoms with E-state index in [-0.39, 0.29) is 5.91 Å². The quantitative estimate of drug-likeness (QED) is 0.814. The minimum absolute atomic E-state index is 0.129. The van der Waals surface area contributed by atoms with Crippen LogP contribution in [0, 0.1) is 16.7 Å². The van der Waals surface area contributed by atoms with Crippen molar-refractivity contribution < 1.29 is 4.79 Å². The Morgan fingerprint density at radius 1 is 1.15 bits per heavy atom. The van der Waals surface area contributed by atoms with Crippen LogP contribution >= 0.6 is 11.6 Å². The number of rotatable bonds is 2. The van der Waals surface area contributed by atoms with Gasteiger partial charge in [0.1, 0.15) is 11.9 Å². The molecule has 1 spiro atoms. The van der Waals surface area contributed by atoms with Crippen LogP contribution in [0.2, 0.25) is 5.02 Å². The molecular weight excluding hydrogens is 348 g/mol. The lowest BCUT2D eigenvalue weighted by atomic mass is 9.78. The number of benzene rings is 1. The minimum Gasteiger partial charge on any atom is -0.354 e. The van der Waals surface area contributed by atoms with Crippen molar-refractivity contribution in [3.8, 4) is 6.07 Å². The van der Waals surface area contributed by atoms with E-state index >= 15 is 0 Å². The molecule has 2 aromatic rings. The molecule has 2 aliphatic rings. The number of carbonyl (C=O) groups excluding carboxylic acids is 1. The summed E-state index contributed by atoms with van der Waals surface area (Å²) in [6.45, 7) is 2.08. The topological polar surface area (TPSA) is 60.2 Å². The number of para-hydroxylation sites is 1. The molecule has 0 saturated carbocycles. The van der Waals surface area contributed by atoms with Gasteiger partial charge in [-0.05, 0) is 43.5 Å². The van der Waals surface area contributed by atoms with E-state index in [4.69, 9.17) is 11.6 Å². The molecule has 2 aliphatic heterocycles. The lowest BCUT2D eigenvalue weighted by Gasteiger charge is -2.39. The average molecular weight is 367 g/mol. The first-order valence-corrected chi connectivity index (χ1v) is 9.19. The molecule has 2 fully saturated rings. The van der Waals surface area contributed by atoms with Gasteiger partial charge >= 0.3 is 0 Å². The summed E-state index contributed by atoms with van der Waals surface area (Å²) in [5.41, 5.74) is 0.906. The molecule has 1 aromatic carbocycles. The molecule has 0 bridgehead atoms. The van der Waals surface area contributed by atoms with Crippen molar-refractivity contribution in [1.29, 1.82) is 5.26 Å². The number of halogens is 1. The van der Waals surface area contributed by atoms with E-state index < -0.39 is 5.41 Å². The van der Waals surface area contributed by atoms with Gasteiger partial charge in [0.2, 0.25) is 5.91 Å².